The van der Waals surface area contributed by atoms with Gasteiger partial charge in [0.2, 0.25) is 0 Å². The summed E-state index contributed by atoms with van der Waals surface area (Å²) in [5.74, 6) is 0. The topological polar surface area (TPSA) is 0 Å². The van der Waals surface area contributed by atoms with E-state index >= 15 is 0 Å². The van der Waals surface area contributed by atoms with Gasteiger partial charge in [0.15, 0.2) is 0 Å². The van der Waals surface area contributed by atoms with E-state index in [-0.39, 0.29) is 0 Å². The van der Waals surface area contributed by atoms with Gasteiger partial charge >= 0.3 is 0 Å². The highest BCUT2D eigenvalue weighted by Gasteiger charge is 1.96. The molecule has 0 aliphatic heterocycles. The van der Waals surface area contributed by atoms with Crippen molar-refractivity contribution in [2.75, 3.05) is 6.16 Å². The van der Waals surface area contributed by atoms with Crippen LogP contribution in [0.3, 0.4) is 0 Å². The molecule has 0 amide bonds. The third-order valence-corrected chi connectivity index (χ3v) is 6.62. The Hall–Kier alpha value is -0.610. The Labute approximate surface area is 166 Å². The van der Waals surface area contributed by atoms with Gasteiger partial charge in [0.1, 0.15) is 0 Å². The first-order chi connectivity index (χ1) is 12.9. The number of hydrogen-bond donors (Lipinski definition) is 0. The molecule has 1 heteroatoms. The highest BCUT2D eigenvalue weighted by Crippen LogP contribution is 2.21. The van der Waals surface area contributed by atoms with Crippen molar-refractivity contribution in [2.45, 2.75) is 103 Å². The van der Waals surface area contributed by atoms with Gasteiger partial charge in [-0.2, -0.15) is 0 Å². The Morgan fingerprint density at radius 3 is 1.62 bits per heavy atom. The second kappa shape index (κ2) is 17.8. The van der Waals surface area contributed by atoms with Crippen LogP contribution in [0.1, 0.15) is 108 Å². The van der Waals surface area contributed by atoms with Gasteiger partial charge in [0.25, 0.3) is 0 Å². The van der Waals surface area contributed by atoms with Crippen LogP contribution in [0.2, 0.25) is 0 Å². The molecule has 0 saturated heterocycles. The predicted octanol–water partition coefficient (Wildman–Crippen LogP) is 8.99. The molecule has 1 atom stereocenters. The van der Waals surface area contributed by atoms with Crippen LogP contribution in [0.4, 0.5) is 0 Å². The van der Waals surface area contributed by atoms with Crippen molar-refractivity contribution in [3.63, 3.8) is 0 Å². The van der Waals surface area contributed by atoms with Crippen molar-refractivity contribution >= 4 is 14.7 Å². The fraction of sp³-hybridized carbons (Fsp3) is 0.680. The van der Waals surface area contributed by atoms with E-state index < -0.39 is 0 Å². The summed E-state index contributed by atoms with van der Waals surface area (Å²) < 4.78 is 0. The molecule has 1 aromatic carbocycles. The van der Waals surface area contributed by atoms with Crippen LogP contribution >= 0.6 is 8.58 Å². The van der Waals surface area contributed by atoms with Crippen molar-refractivity contribution in [1.82, 2.24) is 0 Å². The molecular weight excluding hydrogens is 331 g/mol. The van der Waals surface area contributed by atoms with Crippen LogP contribution < -0.4 is 0 Å². The van der Waals surface area contributed by atoms with Crippen LogP contribution in [-0.2, 0) is 6.16 Å². The van der Waals surface area contributed by atoms with Gasteiger partial charge in [-0.1, -0.05) is 127 Å². The summed E-state index contributed by atoms with van der Waals surface area (Å²) in [5, 5.41) is 0. The van der Waals surface area contributed by atoms with E-state index in [1.54, 1.807) is 0 Å². The third-order valence-electron chi connectivity index (χ3n) is 5.25. The van der Waals surface area contributed by atoms with Gasteiger partial charge in [-0.05, 0) is 29.9 Å². The lowest BCUT2D eigenvalue weighted by atomic mass is 10.0. The summed E-state index contributed by atoms with van der Waals surface area (Å²) in [6, 6.07) is 8.88. The average molecular weight is 375 g/mol. The number of unbranched alkanes of at least 4 members (excludes halogenated alkanes) is 13. The van der Waals surface area contributed by atoms with E-state index in [0.717, 1.165) is 8.58 Å². The Balaban J connectivity index is 1.77. The molecule has 0 radical (unpaired) electrons. The lowest BCUT2D eigenvalue weighted by Gasteiger charge is -2.04. The molecule has 1 unspecified atom stereocenters. The first-order valence-electron chi connectivity index (χ1n) is 11.3. The van der Waals surface area contributed by atoms with Crippen molar-refractivity contribution in [3.8, 4) is 0 Å². The fourth-order valence-electron chi connectivity index (χ4n) is 3.45. The maximum absolute atomic E-state index is 3.81. The summed E-state index contributed by atoms with van der Waals surface area (Å²) >= 11 is 0. The van der Waals surface area contributed by atoms with E-state index in [4.69, 9.17) is 0 Å². The summed E-state index contributed by atoms with van der Waals surface area (Å²) in [6.07, 6.45) is 24.9. The molecule has 0 spiro atoms. The molecule has 0 nitrogen and oxygen atoms in total. The minimum absolute atomic E-state index is 1.09. The zero-order valence-corrected chi connectivity index (χ0v) is 18.4. The predicted molar refractivity (Wildman–Crippen MR) is 124 cm³/mol. The molecule has 148 valence electrons. The normalized spacial score (nSPS) is 11.4. The van der Waals surface area contributed by atoms with Crippen LogP contribution in [0.15, 0.2) is 30.8 Å². The Morgan fingerprint density at radius 1 is 0.692 bits per heavy atom. The van der Waals surface area contributed by atoms with Crippen molar-refractivity contribution in [2.24, 2.45) is 0 Å². The molecule has 26 heavy (non-hydrogen) atoms. The SMILES string of the molecule is C=Cc1ccc(CPCCCCCCCCCCCCCCCC)cc1. The fourth-order valence-corrected chi connectivity index (χ4v) is 4.65. The van der Waals surface area contributed by atoms with Crippen LogP contribution in [0.5, 0.6) is 0 Å². The maximum atomic E-state index is 3.81. The van der Waals surface area contributed by atoms with E-state index in [1.165, 1.54) is 113 Å². The Kier molecular flexibility index (Phi) is 16.0. The standard InChI is InChI=1S/C25H43P/c1-3-5-6-7-8-9-10-11-12-13-14-15-16-17-22-26-23-25-20-18-24(4-2)19-21-25/h4,18-21,26H,2-3,5-17,22-23H2,1H3. The summed E-state index contributed by atoms with van der Waals surface area (Å²) in [5.41, 5.74) is 2.71. The minimum atomic E-state index is 1.09. The third kappa shape index (κ3) is 13.6. The Morgan fingerprint density at radius 2 is 1.15 bits per heavy atom. The molecule has 0 bridgehead atoms. The highest BCUT2D eigenvalue weighted by molar-refractivity contribution is 7.37. The largest absolute Gasteiger partial charge is 0.118 e. The molecule has 0 aliphatic carbocycles. The summed E-state index contributed by atoms with van der Waals surface area (Å²) in [6.45, 7) is 6.11. The van der Waals surface area contributed by atoms with Gasteiger partial charge in [-0.25, -0.2) is 0 Å². The zero-order chi connectivity index (χ0) is 18.7. The summed E-state index contributed by atoms with van der Waals surface area (Å²) in [4.78, 5) is 0. The molecular formula is C25H43P. The van der Waals surface area contributed by atoms with Gasteiger partial charge in [-0.3, -0.25) is 0 Å². The molecule has 0 aliphatic rings. The van der Waals surface area contributed by atoms with Gasteiger partial charge < -0.3 is 0 Å². The molecule has 1 aromatic rings. The lowest BCUT2D eigenvalue weighted by molar-refractivity contribution is 0.538. The average Bonchev–Trinajstić information content (AvgIpc) is 2.68. The van der Waals surface area contributed by atoms with E-state index in [2.05, 4.69) is 37.8 Å². The highest BCUT2D eigenvalue weighted by atomic mass is 31.1. The van der Waals surface area contributed by atoms with Crippen molar-refractivity contribution in [3.05, 3.63) is 42.0 Å². The maximum Gasteiger partial charge on any atom is -0.0101 e. The molecule has 0 fully saturated rings. The van der Waals surface area contributed by atoms with Gasteiger partial charge in [0.05, 0.1) is 0 Å². The monoisotopic (exact) mass is 374 g/mol. The van der Waals surface area contributed by atoms with Gasteiger partial charge in [0, 0.05) is 0 Å². The van der Waals surface area contributed by atoms with Crippen LogP contribution in [-0.4, -0.2) is 6.16 Å². The van der Waals surface area contributed by atoms with Gasteiger partial charge in [-0.15, -0.1) is 8.58 Å². The van der Waals surface area contributed by atoms with Crippen LogP contribution in [0.25, 0.3) is 6.08 Å². The number of rotatable bonds is 18. The second-order valence-electron chi connectivity index (χ2n) is 7.72. The smallest absolute Gasteiger partial charge is 0.0101 e. The molecule has 0 aromatic heterocycles. The number of benzene rings is 1. The van der Waals surface area contributed by atoms with E-state index in [0.29, 0.717) is 0 Å². The molecule has 0 saturated carbocycles. The molecule has 1 rings (SSSR count). The zero-order valence-electron chi connectivity index (χ0n) is 17.4. The Bertz CT molecular complexity index is 420. The van der Waals surface area contributed by atoms with Crippen molar-refractivity contribution in [1.29, 1.82) is 0 Å². The van der Waals surface area contributed by atoms with E-state index in [9.17, 15) is 0 Å². The summed E-state index contributed by atoms with van der Waals surface area (Å²) in [7, 11) is 1.09. The number of hydrogen-bond acceptors (Lipinski definition) is 0. The first-order valence-corrected chi connectivity index (χ1v) is 12.7. The minimum Gasteiger partial charge on any atom is -0.118 e. The van der Waals surface area contributed by atoms with Crippen LogP contribution in [0, 0.1) is 0 Å². The van der Waals surface area contributed by atoms with E-state index in [1.807, 2.05) is 6.08 Å². The second-order valence-corrected chi connectivity index (χ2v) is 9.07. The molecule has 0 N–H and O–H groups in total. The molecule has 0 heterocycles. The quantitative estimate of drug-likeness (QED) is 0.178. The van der Waals surface area contributed by atoms with Crippen molar-refractivity contribution < 1.29 is 0 Å². The first kappa shape index (κ1) is 23.4. The lowest BCUT2D eigenvalue weighted by Crippen LogP contribution is -1.85.